The van der Waals surface area contributed by atoms with Crippen LogP contribution in [0.15, 0.2) is 18.5 Å². The Morgan fingerprint density at radius 3 is 2.94 bits per heavy atom. The molecule has 0 radical (unpaired) electrons. The molecule has 7 nitrogen and oxygen atoms in total. The summed E-state index contributed by atoms with van der Waals surface area (Å²) >= 11 is 0. The third kappa shape index (κ3) is 4.17. The molecule has 1 unspecified atom stereocenters. The molecule has 1 atom stereocenters. The molecule has 0 saturated carbocycles. The summed E-state index contributed by atoms with van der Waals surface area (Å²) in [5.41, 5.74) is 11.3. The molecule has 1 aliphatic carbocycles. The van der Waals surface area contributed by atoms with E-state index in [1.54, 1.807) is 6.33 Å². The summed E-state index contributed by atoms with van der Waals surface area (Å²) in [6.07, 6.45) is 6.16. The Morgan fingerprint density at radius 2 is 2.13 bits per heavy atom. The Balaban J connectivity index is 1.83. The molecule has 3 N–H and O–H groups in total. The zero-order valence-electron chi connectivity index (χ0n) is 18.7. The van der Waals surface area contributed by atoms with Crippen LogP contribution in [0.4, 0.5) is 11.5 Å². The molecular weight excluding hydrogens is 388 g/mol. The van der Waals surface area contributed by atoms with E-state index in [-0.39, 0.29) is 11.5 Å². The Bertz CT molecular complexity index is 988. The first-order chi connectivity index (χ1) is 14.9. The number of nitriles is 1. The highest BCUT2D eigenvalue weighted by Gasteiger charge is 2.37. The minimum atomic E-state index is -0.205. The number of aromatic nitrogens is 2. The fraction of sp³-hybridized carbons (Fsp3) is 0.542. The van der Waals surface area contributed by atoms with E-state index >= 15 is 0 Å². The second-order valence-corrected chi connectivity index (χ2v) is 9.23. The number of nitrogen functional groups attached to an aromatic ring is 1. The fourth-order valence-electron chi connectivity index (χ4n) is 4.94. The van der Waals surface area contributed by atoms with Gasteiger partial charge >= 0.3 is 0 Å². The lowest BCUT2D eigenvalue weighted by atomic mass is 9.71. The fourth-order valence-corrected chi connectivity index (χ4v) is 4.94. The molecule has 0 amide bonds. The molecule has 1 aliphatic heterocycles. The van der Waals surface area contributed by atoms with Crippen molar-refractivity contribution in [1.29, 1.82) is 5.26 Å². The summed E-state index contributed by atoms with van der Waals surface area (Å²) in [6.45, 7) is 7.06. The van der Waals surface area contributed by atoms with Gasteiger partial charge in [0.15, 0.2) is 0 Å². The Kier molecular flexibility index (Phi) is 6.01. The van der Waals surface area contributed by atoms with Crippen LogP contribution in [0.2, 0.25) is 0 Å². The molecule has 1 saturated heterocycles. The summed E-state index contributed by atoms with van der Waals surface area (Å²) in [5, 5.41) is 12.6. The lowest BCUT2D eigenvalue weighted by molar-refractivity contribution is 0.188. The lowest BCUT2D eigenvalue weighted by Crippen LogP contribution is -2.31. The number of hydrogen-bond acceptors (Lipinski definition) is 7. The first kappa shape index (κ1) is 21.4. The van der Waals surface area contributed by atoms with Crippen molar-refractivity contribution in [2.75, 3.05) is 37.3 Å². The highest BCUT2D eigenvalue weighted by Crippen LogP contribution is 2.49. The number of fused-ring (bicyclic) bond motifs is 3. The molecule has 4 rings (SSSR count). The van der Waals surface area contributed by atoms with Crippen LogP contribution in [-0.2, 0) is 11.8 Å². The maximum absolute atomic E-state index is 9.16. The van der Waals surface area contributed by atoms with Crippen molar-refractivity contribution in [3.8, 4) is 23.1 Å². The van der Waals surface area contributed by atoms with E-state index in [2.05, 4.69) is 52.2 Å². The van der Waals surface area contributed by atoms with Gasteiger partial charge in [0, 0.05) is 24.7 Å². The third-order valence-electron chi connectivity index (χ3n) is 6.43. The van der Waals surface area contributed by atoms with Gasteiger partial charge < -0.3 is 20.7 Å². The quantitative estimate of drug-likeness (QED) is 0.764. The minimum Gasteiger partial charge on any atom is -0.488 e. The second kappa shape index (κ2) is 8.72. The van der Waals surface area contributed by atoms with Crippen molar-refractivity contribution in [2.45, 2.75) is 57.5 Å². The molecular formula is C24H32N6O. The monoisotopic (exact) mass is 420 g/mol. The lowest BCUT2D eigenvalue weighted by Gasteiger charge is -2.37. The van der Waals surface area contributed by atoms with Gasteiger partial charge in [-0.25, -0.2) is 9.97 Å². The maximum atomic E-state index is 9.16. The van der Waals surface area contributed by atoms with Crippen LogP contribution >= 0.6 is 0 Å². The summed E-state index contributed by atoms with van der Waals surface area (Å²) in [5.74, 6) is 1.44. The number of hydrogen-bond donors (Lipinski definition) is 2. The van der Waals surface area contributed by atoms with Crippen molar-refractivity contribution in [3.63, 3.8) is 0 Å². The van der Waals surface area contributed by atoms with Crippen molar-refractivity contribution in [3.05, 3.63) is 29.6 Å². The van der Waals surface area contributed by atoms with Gasteiger partial charge in [0.1, 0.15) is 24.0 Å². The summed E-state index contributed by atoms with van der Waals surface area (Å²) in [6, 6.07) is 6.45. The average Bonchev–Trinajstić information content (AvgIpc) is 3.00. The van der Waals surface area contributed by atoms with E-state index in [0.29, 0.717) is 18.8 Å². The van der Waals surface area contributed by atoms with E-state index in [1.807, 2.05) is 7.05 Å². The normalized spacial score (nSPS) is 19.5. The van der Waals surface area contributed by atoms with Gasteiger partial charge in [-0.3, -0.25) is 0 Å². The zero-order chi connectivity index (χ0) is 22.0. The molecule has 2 heterocycles. The van der Waals surface area contributed by atoms with Crippen LogP contribution in [0.1, 0.15) is 50.7 Å². The number of rotatable bonds is 5. The molecule has 2 aliphatic rings. The van der Waals surface area contributed by atoms with Gasteiger partial charge in [0.2, 0.25) is 0 Å². The largest absolute Gasteiger partial charge is 0.488 e. The Morgan fingerprint density at radius 1 is 1.29 bits per heavy atom. The van der Waals surface area contributed by atoms with Crippen LogP contribution in [0, 0.1) is 11.3 Å². The average molecular weight is 421 g/mol. The molecule has 1 aromatic heterocycles. The SMILES string of the molecule is CN(CCC#N)c1c(OC2CCCNCC2)ccc2c1CC(C)(C)c1c(N)ncnc1-2. The molecule has 0 spiro atoms. The molecule has 1 aromatic carbocycles. The smallest absolute Gasteiger partial charge is 0.143 e. The number of nitrogens with zero attached hydrogens (tertiary/aromatic N) is 4. The topological polar surface area (TPSA) is 100 Å². The number of nitrogens with two attached hydrogens (primary N) is 1. The van der Waals surface area contributed by atoms with Gasteiger partial charge in [-0.15, -0.1) is 0 Å². The number of nitrogens with one attached hydrogen (secondary N) is 1. The number of anilines is 2. The third-order valence-corrected chi connectivity index (χ3v) is 6.43. The van der Waals surface area contributed by atoms with Crippen molar-refractivity contribution in [1.82, 2.24) is 15.3 Å². The first-order valence-corrected chi connectivity index (χ1v) is 11.1. The van der Waals surface area contributed by atoms with E-state index in [0.717, 1.165) is 67.0 Å². The van der Waals surface area contributed by atoms with E-state index in [9.17, 15) is 0 Å². The van der Waals surface area contributed by atoms with Gasteiger partial charge in [-0.2, -0.15) is 5.26 Å². The Hall–Kier alpha value is -2.85. The van der Waals surface area contributed by atoms with Crippen LogP contribution in [0.3, 0.4) is 0 Å². The van der Waals surface area contributed by atoms with E-state index in [1.165, 1.54) is 5.56 Å². The Labute approximate surface area is 184 Å². The molecule has 31 heavy (non-hydrogen) atoms. The van der Waals surface area contributed by atoms with E-state index < -0.39 is 0 Å². The van der Waals surface area contributed by atoms with Crippen molar-refractivity contribution < 1.29 is 4.74 Å². The highest BCUT2D eigenvalue weighted by molar-refractivity contribution is 5.83. The van der Waals surface area contributed by atoms with E-state index in [4.69, 9.17) is 15.7 Å². The maximum Gasteiger partial charge on any atom is 0.143 e. The summed E-state index contributed by atoms with van der Waals surface area (Å²) in [7, 11) is 2.05. The van der Waals surface area contributed by atoms with Gasteiger partial charge in [0.05, 0.1) is 23.9 Å². The van der Waals surface area contributed by atoms with Crippen LogP contribution in [-0.4, -0.2) is 42.8 Å². The van der Waals surface area contributed by atoms with Crippen LogP contribution < -0.4 is 20.7 Å². The van der Waals surface area contributed by atoms with Crippen LogP contribution in [0.5, 0.6) is 5.75 Å². The number of ether oxygens (including phenoxy) is 1. The standard InChI is InChI=1S/C24H32N6O/c1-24(2)14-18-17(21-20(24)23(26)29-15-28-21)7-8-19(22(18)30(3)13-5-10-25)31-16-6-4-11-27-12-9-16/h7-8,15-16,27H,4-6,9,11-14H2,1-3H3,(H2,26,28,29). The molecule has 164 valence electrons. The molecule has 0 bridgehead atoms. The first-order valence-electron chi connectivity index (χ1n) is 11.1. The summed E-state index contributed by atoms with van der Waals surface area (Å²) in [4.78, 5) is 11.0. The highest BCUT2D eigenvalue weighted by atomic mass is 16.5. The predicted molar refractivity (Wildman–Crippen MR) is 123 cm³/mol. The molecule has 1 fully saturated rings. The minimum absolute atomic E-state index is 0.193. The van der Waals surface area contributed by atoms with Gasteiger partial charge in [0.25, 0.3) is 0 Å². The van der Waals surface area contributed by atoms with Crippen molar-refractivity contribution in [2.24, 2.45) is 0 Å². The molecule has 7 heteroatoms. The van der Waals surface area contributed by atoms with Gasteiger partial charge in [-0.05, 0) is 61.9 Å². The number of benzene rings is 1. The zero-order valence-corrected chi connectivity index (χ0v) is 18.7. The molecule has 2 aromatic rings. The second-order valence-electron chi connectivity index (χ2n) is 9.23. The van der Waals surface area contributed by atoms with Crippen LogP contribution in [0.25, 0.3) is 11.3 Å². The predicted octanol–water partition coefficient (Wildman–Crippen LogP) is 3.43. The summed E-state index contributed by atoms with van der Waals surface area (Å²) < 4.78 is 6.59. The van der Waals surface area contributed by atoms with Gasteiger partial charge in [-0.1, -0.05) is 13.8 Å². The van der Waals surface area contributed by atoms with Crippen molar-refractivity contribution >= 4 is 11.5 Å².